The summed E-state index contributed by atoms with van der Waals surface area (Å²) in [6.07, 6.45) is -0.682. The second-order valence-electron chi connectivity index (χ2n) is 9.61. The predicted octanol–water partition coefficient (Wildman–Crippen LogP) is 4.41. The van der Waals surface area contributed by atoms with E-state index in [4.69, 9.17) is 4.74 Å². The molecule has 0 spiro atoms. The van der Waals surface area contributed by atoms with Crippen molar-refractivity contribution in [2.24, 2.45) is 0 Å². The summed E-state index contributed by atoms with van der Waals surface area (Å²) < 4.78 is 5.51. The molecular weight excluding hydrogens is 484 g/mol. The zero-order chi connectivity index (χ0) is 25.2. The quantitative estimate of drug-likeness (QED) is 0.565. The van der Waals surface area contributed by atoms with E-state index >= 15 is 0 Å². The van der Waals surface area contributed by atoms with Crippen LogP contribution in [0.4, 0.5) is 4.79 Å². The molecule has 0 aromatic heterocycles. The van der Waals surface area contributed by atoms with E-state index in [0.717, 1.165) is 22.3 Å². The van der Waals surface area contributed by atoms with Crippen molar-refractivity contribution in [1.82, 2.24) is 10.2 Å². The third-order valence-electron chi connectivity index (χ3n) is 6.07. The molecule has 0 unspecified atom stereocenters. The van der Waals surface area contributed by atoms with Crippen molar-refractivity contribution in [3.05, 3.63) is 59.7 Å². The lowest BCUT2D eigenvalue weighted by atomic mass is 9.98. The number of hydrogen-bond donors (Lipinski definition) is 2. The van der Waals surface area contributed by atoms with E-state index in [9.17, 15) is 19.5 Å². The van der Waals surface area contributed by atoms with E-state index in [0.29, 0.717) is 17.4 Å². The Bertz CT molecular complexity index is 1070. The SMILES string of the molecule is CC(C)(C)SC[C@H](NC(=O)OCC1c2ccccc2-c2ccccc21)C(=O)N1CSC[C@H]1C(=O)O. The first-order chi connectivity index (χ1) is 16.7. The number of fused-ring (bicyclic) bond motifs is 3. The molecule has 2 aromatic rings. The minimum absolute atomic E-state index is 0.0855. The number of carboxylic acids is 1. The summed E-state index contributed by atoms with van der Waals surface area (Å²) in [5.41, 5.74) is 4.49. The van der Waals surface area contributed by atoms with Crippen LogP contribution < -0.4 is 5.32 Å². The van der Waals surface area contributed by atoms with Gasteiger partial charge in [0, 0.05) is 22.2 Å². The molecule has 0 radical (unpaired) electrons. The van der Waals surface area contributed by atoms with Crippen LogP contribution in [0.5, 0.6) is 0 Å². The zero-order valence-corrected chi connectivity index (χ0v) is 21.7. The number of carboxylic acid groups (broad SMARTS) is 1. The maximum Gasteiger partial charge on any atom is 0.407 e. The fourth-order valence-electron chi connectivity index (χ4n) is 4.35. The van der Waals surface area contributed by atoms with Crippen molar-refractivity contribution in [1.29, 1.82) is 0 Å². The van der Waals surface area contributed by atoms with E-state index < -0.39 is 30.1 Å². The number of ether oxygens (including phenoxy) is 1. The Labute approximate surface area is 214 Å². The highest BCUT2D eigenvalue weighted by molar-refractivity contribution is 8.00. The molecule has 35 heavy (non-hydrogen) atoms. The molecule has 2 aliphatic rings. The molecule has 2 atom stereocenters. The van der Waals surface area contributed by atoms with Gasteiger partial charge in [0.15, 0.2) is 0 Å². The number of carbonyl (C=O) groups excluding carboxylic acids is 2. The molecule has 9 heteroatoms. The number of amides is 2. The Morgan fingerprint density at radius 2 is 1.71 bits per heavy atom. The molecule has 7 nitrogen and oxygen atoms in total. The first-order valence-corrected chi connectivity index (χ1v) is 13.7. The molecule has 1 heterocycles. The summed E-state index contributed by atoms with van der Waals surface area (Å²) in [6.45, 7) is 6.22. The predicted molar refractivity (Wildman–Crippen MR) is 140 cm³/mol. The van der Waals surface area contributed by atoms with E-state index in [1.165, 1.54) is 28.4 Å². The van der Waals surface area contributed by atoms with Gasteiger partial charge in [-0.1, -0.05) is 69.3 Å². The van der Waals surface area contributed by atoms with Crippen molar-refractivity contribution in [2.75, 3.05) is 24.0 Å². The monoisotopic (exact) mass is 514 g/mol. The van der Waals surface area contributed by atoms with Crippen LogP contribution >= 0.6 is 23.5 Å². The number of hydrogen-bond acceptors (Lipinski definition) is 6. The van der Waals surface area contributed by atoms with Gasteiger partial charge in [-0.3, -0.25) is 4.79 Å². The Hall–Kier alpha value is -2.65. The summed E-state index contributed by atoms with van der Waals surface area (Å²) in [5, 5.41) is 12.2. The summed E-state index contributed by atoms with van der Waals surface area (Å²) in [5.74, 6) is -0.568. The fraction of sp³-hybridized carbons (Fsp3) is 0.423. The Morgan fingerprint density at radius 1 is 1.11 bits per heavy atom. The standard InChI is InChI=1S/C26H30N2O5S2/c1-26(2,3)35-13-21(23(29)28-15-34-14-22(28)24(30)31)27-25(32)33-12-20-18-10-6-4-8-16(18)17-9-5-7-11-19(17)20/h4-11,20-22H,12-15H2,1-3H3,(H,27,32)(H,30,31)/t21-,22-/m0/s1. The molecule has 1 saturated heterocycles. The van der Waals surface area contributed by atoms with Gasteiger partial charge in [0.25, 0.3) is 0 Å². The molecule has 2 aromatic carbocycles. The van der Waals surface area contributed by atoms with Crippen LogP contribution in [0.1, 0.15) is 37.8 Å². The molecule has 1 aliphatic heterocycles. The molecule has 0 bridgehead atoms. The number of alkyl carbamates (subject to hydrolysis) is 1. The topological polar surface area (TPSA) is 95.9 Å². The van der Waals surface area contributed by atoms with Crippen LogP contribution in [-0.4, -0.2) is 68.8 Å². The van der Waals surface area contributed by atoms with Crippen LogP contribution in [0.2, 0.25) is 0 Å². The van der Waals surface area contributed by atoms with Crippen molar-refractivity contribution in [3.8, 4) is 11.1 Å². The normalized spacial score (nSPS) is 18.0. The molecule has 4 rings (SSSR count). The summed E-state index contributed by atoms with van der Waals surface area (Å²) in [6, 6.07) is 14.4. The van der Waals surface area contributed by atoms with Crippen molar-refractivity contribution in [3.63, 3.8) is 0 Å². The first kappa shape index (κ1) is 25.4. The molecule has 2 N–H and O–H groups in total. The molecule has 0 saturated carbocycles. The van der Waals surface area contributed by atoms with Gasteiger partial charge in [-0.05, 0) is 22.3 Å². The highest BCUT2D eigenvalue weighted by Crippen LogP contribution is 2.44. The third-order valence-corrected chi connectivity index (χ3v) is 8.45. The number of rotatable bonds is 7. The highest BCUT2D eigenvalue weighted by atomic mass is 32.2. The van der Waals surface area contributed by atoms with Gasteiger partial charge >= 0.3 is 12.1 Å². The lowest BCUT2D eigenvalue weighted by Gasteiger charge is -2.28. The van der Waals surface area contributed by atoms with Gasteiger partial charge in [-0.2, -0.15) is 11.8 Å². The van der Waals surface area contributed by atoms with Crippen molar-refractivity contribution < 1.29 is 24.2 Å². The summed E-state index contributed by atoms with van der Waals surface area (Å²) in [4.78, 5) is 39.1. The maximum absolute atomic E-state index is 13.3. The van der Waals surface area contributed by atoms with Crippen LogP contribution in [-0.2, 0) is 14.3 Å². The van der Waals surface area contributed by atoms with Crippen LogP contribution in [0, 0.1) is 0 Å². The Balaban J connectivity index is 1.45. The maximum atomic E-state index is 13.3. The zero-order valence-electron chi connectivity index (χ0n) is 20.0. The number of nitrogens with zero attached hydrogens (tertiary/aromatic N) is 1. The molecule has 1 aliphatic carbocycles. The van der Waals surface area contributed by atoms with E-state index in [1.807, 2.05) is 57.2 Å². The van der Waals surface area contributed by atoms with Gasteiger partial charge in [0.05, 0.1) is 5.88 Å². The largest absolute Gasteiger partial charge is 0.480 e. The second kappa shape index (κ2) is 10.5. The molecular formula is C26H30N2O5S2. The molecule has 2 amide bonds. The number of benzene rings is 2. The van der Waals surface area contributed by atoms with Crippen molar-refractivity contribution in [2.45, 2.75) is 43.5 Å². The second-order valence-corrected chi connectivity index (χ2v) is 12.5. The van der Waals surface area contributed by atoms with Gasteiger partial charge in [0.2, 0.25) is 5.91 Å². The van der Waals surface area contributed by atoms with E-state index in [-0.39, 0.29) is 17.3 Å². The Morgan fingerprint density at radius 3 is 2.29 bits per heavy atom. The fourth-order valence-corrected chi connectivity index (χ4v) is 6.40. The lowest BCUT2D eigenvalue weighted by molar-refractivity contribution is -0.148. The smallest absolute Gasteiger partial charge is 0.407 e. The highest BCUT2D eigenvalue weighted by Gasteiger charge is 2.39. The van der Waals surface area contributed by atoms with Crippen LogP contribution in [0.3, 0.4) is 0 Å². The van der Waals surface area contributed by atoms with Crippen molar-refractivity contribution >= 4 is 41.5 Å². The van der Waals surface area contributed by atoms with E-state index in [2.05, 4.69) is 17.4 Å². The number of carbonyl (C=O) groups is 3. The molecule has 1 fully saturated rings. The third kappa shape index (κ3) is 5.78. The lowest BCUT2D eigenvalue weighted by Crippen LogP contribution is -2.53. The Kier molecular flexibility index (Phi) is 7.66. The van der Waals surface area contributed by atoms with Gasteiger partial charge in [0.1, 0.15) is 18.7 Å². The number of thioether (sulfide) groups is 2. The van der Waals surface area contributed by atoms with Gasteiger partial charge in [-0.25, -0.2) is 9.59 Å². The first-order valence-electron chi connectivity index (χ1n) is 11.5. The summed E-state index contributed by atoms with van der Waals surface area (Å²) in [7, 11) is 0. The minimum atomic E-state index is -1.04. The van der Waals surface area contributed by atoms with Gasteiger partial charge in [-0.15, -0.1) is 11.8 Å². The minimum Gasteiger partial charge on any atom is -0.480 e. The summed E-state index contributed by atoms with van der Waals surface area (Å²) >= 11 is 2.93. The molecule has 186 valence electrons. The van der Waals surface area contributed by atoms with E-state index in [1.54, 1.807) is 0 Å². The average Bonchev–Trinajstić information content (AvgIpc) is 3.43. The number of aliphatic carboxylic acids is 1. The van der Waals surface area contributed by atoms with Crippen LogP contribution in [0.15, 0.2) is 48.5 Å². The average molecular weight is 515 g/mol. The van der Waals surface area contributed by atoms with Crippen LogP contribution in [0.25, 0.3) is 11.1 Å². The van der Waals surface area contributed by atoms with Gasteiger partial charge < -0.3 is 20.1 Å². The number of nitrogens with one attached hydrogen (secondary N) is 1.